The fourth-order valence-electron chi connectivity index (χ4n) is 2.03. The van der Waals surface area contributed by atoms with E-state index in [9.17, 15) is 8.42 Å². The zero-order valence-corrected chi connectivity index (χ0v) is 10.4. The largest absolute Gasteiger partial charge is 0.329 e. The van der Waals surface area contributed by atoms with Crippen molar-refractivity contribution in [2.45, 2.75) is 56.7 Å². The molecule has 1 fully saturated rings. The minimum absolute atomic E-state index is 0.165. The van der Waals surface area contributed by atoms with E-state index >= 15 is 0 Å². The lowest BCUT2D eigenvalue weighted by molar-refractivity contribution is 0.213. The van der Waals surface area contributed by atoms with Gasteiger partial charge >= 0.3 is 0 Å². The molecule has 0 amide bonds. The molecule has 3 N–H and O–H groups in total. The highest BCUT2D eigenvalue weighted by molar-refractivity contribution is 7.90. The summed E-state index contributed by atoms with van der Waals surface area (Å²) in [6.07, 6.45) is 4.49. The van der Waals surface area contributed by atoms with Crippen LogP contribution in [0.1, 0.15) is 46.0 Å². The molecule has 1 aliphatic rings. The van der Waals surface area contributed by atoms with Gasteiger partial charge in [0.15, 0.2) is 0 Å². The van der Waals surface area contributed by atoms with Crippen LogP contribution in [-0.2, 0) is 10.0 Å². The molecule has 0 radical (unpaired) electrons. The lowest BCUT2D eigenvalue weighted by Crippen LogP contribution is -2.55. The molecule has 1 saturated carbocycles. The van der Waals surface area contributed by atoms with Crippen LogP contribution in [0.5, 0.6) is 0 Å². The van der Waals surface area contributed by atoms with Crippen LogP contribution in [0, 0.1) is 0 Å². The molecule has 0 aromatic heterocycles. The van der Waals surface area contributed by atoms with Gasteiger partial charge in [-0.2, -0.15) is 0 Å². The highest BCUT2D eigenvalue weighted by Crippen LogP contribution is 2.35. The van der Waals surface area contributed by atoms with Gasteiger partial charge in [-0.15, -0.1) is 0 Å². The molecule has 0 spiro atoms. The van der Waals surface area contributed by atoms with E-state index < -0.39 is 15.3 Å². The zero-order valence-electron chi connectivity index (χ0n) is 9.62. The SMILES string of the molecule is CCC(CN)S(=O)(=O)NC1(CC)CCC1. The van der Waals surface area contributed by atoms with E-state index in [2.05, 4.69) is 4.72 Å². The third kappa shape index (κ3) is 2.71. The molecule has 0 heterocycles. The molecule has 1 unspecified atom stereocenters. The average molecular weight is 234 g/mol. The Balaban J connectivity index is 2.70. The van der Waals surface area contributed by atoms with Crippen molar-refractivity contribution in [2.24, 2.45) is 5.73 Å². The van der Waals surface area contributed by atoms with Crippen molar-refractivity contribution in [1.29, 1.82) is 0 Å². The summed E-state index contributed by atoms with van der Waals surface area (Å²) >= 11 is 0. The van der Waals surface area contributed by atoms with Gasteiger partial charge in [-0.3, -0.25) is 0 Å². The molecular formula is C10H22N2O2S. The standard InChI is InChI=1S/C10H22N2O2S/c1-3-9(8-11)15(13,14)12-10(4-2)6-5-7-10/h9,12H,3-8,11H2,1-2H3. The Labute approximate surface area is 92.7 Å². The highest BCUT2D eigenvalue weighted by atomic mass is 32.2. The summed E-state index contributed by atoms with van der Waals surface area (Å²) in [4.78, 5) is 0. The molecule has 4 nitrogen and oxygen atoms in total. The molecule has 5 heteroatoms. The van der Waals surface area contributed by atoms with Crippen LogP contribution in [0.2, 0.25) is 0 Å². The van der Waals surface area contributed by atoms with E-state index in [1.165, 1.54) is 0 Å². The van der Waals surface area contributed by atoms with Crippen molar-refractivity contribution in [1.82, 2.24) is 4.72 Å². The quantitative estimate of drug-likeness (QED) is 0.719. The third-order valence-corrected chi connectivity index (χ3v) is 5.62. The number of nitrogens with two attached hydrogens (primary N) is 1. The molecule has 0 bridgehead atoms. The van der Waals surface area contributed by atoms with E-state index in [1.54, 1.807) is 0 Å². The molecule has 0 aromatic carbocycles. The van der Waals surface area contributed by atoms with Gasteiger partial charge in [-0.05, 0) is 32.1 Å². The van der Waals surface area contributed by atoms with Crippen molar-refractivity contribution in [3.8, 4) is 0 Å². The molecule has 1 rings (SSSR count). The summed E-state index contributed by atoms with van der Waals surface area (Å²) in [6.45, 7) is 4.09. The van der Waals surface area contributed by atoms with Gasteiger partial charge in [-0.1, -0.05) is 13.8 Å². The van der Waals surface area contributed by atoms with Gasteiger partial charge in [0, 0.05) is 12.1 Å². The topological polar surface area (TPSA) is 72.2 Å². The van der Waals surface area contributed by atoms with E-state index in [0.29, 0.717) is 6.42 Å². The van der Waals surface area contributed by atoms with Gasteiger partial charge in [-0.25, -0.2) is 13.1 Å². The summed E-state index contributed by atoms with van der Waals surface area (Å²) in [7, 11) is -3.23. The minimum Gasteiger partial charge on any atom is -0.329 e. The Bertz CT molecular complexity index is 287. The van der Waals surface area contributed by atoms with Crippen LogP contribution < -0.4 is 10.5 Å². The first-order valence-electron chi connectivity index (χ1n) is 5.72. The van der Waals surface area contributed by atoms with E-state index in [0.717, 1.165) is 25.7 Å². The zero-order chi connectivity index (χ0) is 11.5. The molecule has 1 atom stereocenters. The maximum Gasteiger partial charge on any atom is 0.216 e. The lowest BCUT2D eigenvalue weighted by Gasteiger charge is -2.42. The monoisotopic (exact) mass is 234 g/mol. The molecule has 1 aliphatic carbocycles. The fourth-order valence-corrected chi connectivity index (χ4v) is 3.84. The highest BCUT2D eigenvalue weighted by Gasteiger charge is 2.40. The second kappa shape index (κ2) is 4.80. The number of hydrogen-bond acceptors (Lipinski definition) is 3. The first kappa shape index (κ1) is 12.9. The molecule has 90 valence electrons. The number of nitrogens with one attached hydrogen (secondary N) is 1. The van der Waals surface area contributed by atoms with Crippen LogP contribution in [0.4, 0.5) is 0 Å². The number of hydrogen-bond donors (Lipinski definition) is 2. The lowest BCUT2D eigenvalue weighted by atomic mass is 9.76. The number of sulfonamides is 1. The molecule has 0 aromatic rings. The van der Waals surface area contributed by atoms with Gasteiger partial charge in [0.1, 0.15) is 0 Å². The maximum absolute atomic E-state index is 12.0. The summed E-state index contributed by atoms with van der Waals surface area (Å²) in [5, 5.41) is -0.443. The van der Waals surface area contributed by atoms with E-state index in [4.69, 9.17) is 5.73 Å². The van der Waals surface area contributed by atoms with Crippen LogP contribution in [0.15, 0.2) is 0 Å². The second-order valence-electron chi connectivity index (χ2n) is 4.40. The molecular weight excluding hydrogens is 212 g/mol. The summed E-state index contributed by atoms with van der Waals surface area (Å²) in [5.74, 6) is 0. The smallest absolute Gasteiger partial charge is 0.216 e. The van der Waals surface area contributed by atoms with Gasteiger partial charge in [0.05, 0.1) is 5.25 Å². The first-order chi connectivity index (χ1) is 6.99. The van der Waals surface area contributed by atoms with Crippen molar-refractivity contribution < 1.29 is 8.42 Å². The van der Waals surface area contributed by atoms with Gasteiger partial charge < -0.3 is 5.73 Å². The summed E-state index contributed by atoms with van der Waals surface area (Å²) in [5.41, 5.74) is 5.30. The Morgan fingerprint density at radius 1 is 1.40 bits per heavy atom. The van der Waals surface area contributed by atoms with E-state index in [1.807, 2.05) is 13.8 Å². The molecule has 15 heavy (non-hydrogen) atoms. The van der Waals surface area contributed by atoms with Crippen LogP contribution in [0.3, 0.4) is 0 Å². The third-order valence-electron chi connectivity index (χ3n) is 3.50. The summed E-state index contributed by atoms with van der Waals surface area (Å²) in [6, 6.07) is 0. The van der Waals surface area contributed by atoms with Crippen molar-refractivity contribution >= 4 is 10.0 Å². The molecule has 0 aliphatic heterocycles. The first-order valence-corrected chi connectivity index (χ1v) is 7.27. The predicted molar refractivity (Wildman–Crippen MR) is 62.1 cm³/mol. The van der Waals surface area contributed by atoms with Crippen LogP contribution >= 0.6 is 0 Å². The second-order valence-corrected chi connectivity index (χ2v) is 6.36. The minimum atomic E-state index is -3.23. The number of rotatable bonds is 6. The Morgan fingerprint density at radius 3 is 2.27 bits per heavy atom. The van der Waals surface area contributed by atoms with Crippen molar-refractivity contribution in [2.75, 3.05) is 6.54 Å². The van der Waals surface area contributed by atoms with Crippen LogP contribution in [0.25, 0.3) is 0 Å². The fraction of sp³-hybridized carbons (Fsp3) is 1.00. The van der Waals surface area contributed by atoms with E-state index in [-0.39, 0.29) is 12.1 Å². The predicted octanol–water partition coefficient (Wildman–Crippen LogP) is 0.976. The normalized spacial score (nSPS) is 22.1. The Kier molecular flexibility index (Phi) is 4.14. The Hall–Kier alpha value is -0.130. The van der Waals surface area contributed by atoms with Crippen molar-refractivity contribution in [3.63, 3.8) is 0 Å². The summed E-state index contributed by atoms with van der Waals surface area (Å²) < 4.78 is 26.8. The molecule has 0 saturated heterocycles. The average Bonchev–Trinajstić information content (AvgIpc) is 2.13. The van der Waals surface area contributed by atoms with Gasteiger partial charge in [0.2, 0.25) is 10.0 Å². The van der Waals surface area contributed by atoms with Gasteiger partial charge in [0.25, 0.3) is 0 Å². The Morgan fingerprint density at radius 2 is 2.00 bits per heavy atom. The van der Waals surface area contributed by atoms with Crippen LogP contribution in [-0.4, -0.2) is 25.8 Å². The maximum atomic E-state index is 12.0. The van der Waals surface area contributed by atoms with Crippen molar-refractivity contribution in [3.05, 3.63) is 0 Å².